The summed E-state index contributed by atoms with van der Waals surface area (Å²) in [6, 6.07) is 8.98. The summed E-state index contributed by atoms with van der Waals surface area (Å²) >= 11 is 0. The molecule has 21 heavy (non-hydrogen) atoms. The Kier molecular flexibility index (Phi) is 6.90. The number of nitrogens with one attached hydrogen (secondary N) is 1. The molecule has 1 N–H and O–H groups in total. The Balaban J connectivity index is 2.31. The molecule has 7 heteroatoms. The van der Waals surface area contributed by atoms with Gasteiger partial charge >= 0.3 is 0 Å². The topological polar surface area (TPSA) is 75.7 Å². The van der Waals surface area contributed by atoms with Gasteiger partial charge in [-0.2, -0.15) is 4.31 Å². The first-order valence-corrected chi connectivity index (χ1v) is 8.29. The predicted octanol–water partition coefficient (Wildman–Crippen LogP) is 0.629. The zero-order valence-electron chi connectivity index (χ0n) is 12.0. The highest BCUT2D eigenvalue weighted by molar-refractivity contribution is 7.88. The number of sulfonamides is 1. The summed E-state index contributed by atoms with van der Waals surface area (Å²) in [6.07, 6.45) is 2.62. The first-order valence-electron chi connectivity index (χ1n) is 6.44. The van der Waals surface area contributed by atoms with Gasteiger partial charge in [-0.25, -0.2) is 8.42 Å². The Morgan fingerprint density at radius 1 is 1.38 bits per heavy atom. The average Bonchev–Trinajstić information content (AvgIpc) is 2.44. The van der Waals surface area contributed by atoms with E-state index in [1.807, 2.05) is 18.2 Å². The molecule has 0 aliphatic carbocycles. The van der Waals surface area contributed by atoms with Crippen molar-refractivity contribution in [3.8, 4) is 5.75 Å². The Labute approximate surface area is 125 Å². The monoisotopic (exact) mass is 312 g/mol. The van der Waals surface area contributed by atoms with E-state index in [-0.39, 0.29) is 32.1 Å². The van der Waals surface area contributed by atoms with Gasteiger partial charge in [0, 0.05) is 19.6 Å². The number of hydrogen-bond donors (Lipinski definition) is 1. The fraction of sp³-hybridized carbons (Fsp3) is 0.357. The van der Waals surface area contributed by atoms with Crippen molar-refractivity contribution in [2.24, 2.45) is 0 Å². The van der Waals surface area contributed by atoms with Gasteiger partial charge in [0.15, 0.2) is 6.61 Å². The molecular formula is C14H20N2O4S. The van der Waals surface area contributed by atoms with Crippen LogP contribution in [0.4, 0.5) is 0 Å². The quantitative estimate of drug-likeness (QED) is 0.679. The highest BCUT2D eigenvalue weighted by Crippen LogP contribution is 2.07. The SMILES string of the molecule is C=CCN(CCNC(=O)COc1ccccc1)S(C)(=O)=O. The van der Waals surface area contributed by atoms with Crippen LogP contribution in [0.2, 0.25) is 0 Å². The van der Waals surface area contributed by atoms with Gasteiger partial charge in [-0.15, -0.1) is 6.58 Å². The van der Waals surface area contributed by atoms with Crippen molar-refractivity contribution >= 4 is 15.9 Å². The Morgan fingerprint density at radius 2 is 2.05 bits per heavy atom. The fourth-order valence-electron chi connectivity index (χ4n) is 1.57. The number of hydrogen-bond acceptors (Lipinski definition) is 4. The number of para-hydroxylation sites is 1. The van der Waals surface area contributed by atoms with Crippen LogP contribution < -0.4 is 10.1 Å². The lowest BCUT2D eigenvalue weighted by Gasteiger charge is -2.18. The molecule has 0 fully saturated rings. The lowest BCUT2D eigenvalue weighted by molar-refractivity contribution is -0.123. The number of carbonyl (C=O) groups is 1. The summed E-state index contributed by atoms with van der Waals surface area (Å²) < 4.78 is 29.4. The Morgan fingerprint density at radius 3 is 2.62 bits per heavy atom. The molecule has 1 rings (SSSR count). The molecule has 0 spiro atoms. The van der Waals surface area contributed by atoms with Gasteiger partial charge in [0.25, 0.3) is 5.91 Å². The first kappa shape index (κ1) is 17.2. The molecule has 0 radical (unpaired) electrons. The number of ether oxygens (including phenoxy) is 1. The van der Waals surface area contributed by atoms with Crippen molar-refractivity contribution in [1.82, 2.24) is 9.62 Å². The average molecular weight is 312 g/mol. The second-order valence-electron chi connectivity index (χ2n) is 4.36. The third-order valence-corrected chi connectivity index (χ3v) is 3.87. The standard InChI is InChI=1S/C14H20N2O4S/c1-3-10-16(21(2,18)19)11-9-15-14(17)12-20-13-7-5-4-6-8-13/h3-8H,1,9-12H2,2H3,(H,15,17). The lowest BCUT2D eigenvalue weighted by atomic mass is 10.3. The summed E-state index contributed by atoms with van der Waals surface area (Å²) in [5.41, 5.74) is 0. The minimum absolute atomic E-state index is 0.107. The summed E-state index contributed by atoms with van der Waals surface area (Å²) in [4.78, 5) is 11.6. The first-order chi connectivity index (χ1) is 9.93. The maximum absolute atomic E-state index is 11.6. The number of rotatable bonds is 9. The molecule has 116 valence electrons. The van der Waals surface area contributed by atoms with Crippen LogP contribution in [0.15, 0.2) is 43.0 Å². The summed E-state index contributed by atoms with van der Waals surface area (Å²) in [5, 5.41) is 2.61. The van der Waals surface area contributed by atoms with E-state index in [2.05, 4.69) is 11.9 Å². The van der Waals surface area contributed by atoms with Crippen LogP contribution in [-0.2, 0) is 14.8 Å². The van der Waals surface area contributed by atoms with E-state index in [4.69, 9.17) is 4.74 Å². The molecule has 0 aliphatic heterocycles. The number of carbonyl (C=O) groups excluding carboxylic acids is 1. The van der Waals surface area contributed by atoms with Crippen LogP contribution >= 0.6 is 0 Å². The van der Waals surface area contributed by atoms with E-state index in [1.165, 1.54) is 10.4 Å². The van der Waals surface area contributed by atoms with E-state index >= 15 is 0 Å². The fourth-order valence-corrected chi connectivity index (χ4v) is 2.37. The van der Waals surface area contributed by atoms with Gasteiger partial charge in [0.1, 0.15) is 5.75 Å². The lowest BCUT2D eigenvalue weighted by Crippen LogP contribution is -2.39. The molecule has 0 aliphatic rings. The zero-order chi connectivity index (χ0) is 15.7. The molecule has 6 nitrogen and oxygen atoms in total. The van der Waals surface area contributed by atoms with Gasteiger partial charge in [0.2, 0.25) is 10.0 Å². The summed E-state index contributed by atoms with van der Waals surface area (Å²) in [6.45, 7) is 4.03. The Bertz CT molecular complexity index is 558. The van der Waals surface area contributed by atoms with Gasteiger partial charge in [-0.3, -0.25) is 4.79 Å². The van der Waals surface area contributed by atoms with Crippen LogP contribution in [0, 0.1) is 0 Å². The molecule has 1 aromatic carbocycles. The van der Waals surface area contributed by atoms with Crippen LogP contribution in [0.5, 0.6) is 5.75 Å². The van der Waals surface area contributed by atoms with E-state index in [1.54, 1.807) is 12.1 Å². The number of benzene rings is 1. The van der Waals surface area contributed by atoms with Crippen molar-refractivity contribution in [1.29, 1.82) is 0 Å². The highest BCUT2D eigenvalue weighted by Gasteiger charge is 2.14. The van der Waals surface area contributed by atoms with Crippen molar-refractivity contribution in [3.63, 3.8) is 0 Å². The Hall–Kier alpha value is -1.86. The number of nitrogens with zero attached hydrogens (tertiary/aromatic N) is 1. The smallest absolute Gasteiger partial charge is 0.257 e. The van der Waals surface area contributed by atoms with Gasteiger partial charge in [0.05, 0.1) is 6.26 Å². The van der Waals surface area contributed by atoms with Crippen molar-refractivity contribution in [2.75, 3.05) is 32.5 Å². The van der Waals surface area contributed by atoms with Gasteiger partial charge in [-0.05, 0) is 12.1 Å². The normalized spacial score (nSPS) is 11.1. The minimum atomic E-state index is -3.30. The summed E-state index contributed by atoms with van der Waals surface area (Å²) in [5.74, 6) is 0.308. The van der Waals surface area contributed by atoms with E-state index in [0.29, 0.717) is 5.75 Å². The third-order valence-electron chi connectivity index (χ3n) is 2.60. The molecule has 0 bridgehead atoms. The van der Waals surface area contributed by atoms with E-state index in [9.17, 15) is 13.2 Å². The van der Waals surface area contributed by atoms with Gasteiger partial charge in [-0.1, -0.05) is 24.3 Å². The van der Waals surface area contributed by atoms with E-state index < -0.39 is 10.0 Å². The minimum Gasteiger partial charge on any atom is -0.484 e. The van der Waals surface area contributed by atoms with E-state index in [0.717, 1.165) is 6.26 Å². The maximum atomic E-state index is 11.6. The molecule has 1 aromatic rings. The molecule has 1 amide bonds. The summed E-state index contributed by atoms with van der Waals surface area (Å²) in [7, 11) is -3.30. The van der Waals surface area contributed by atoms with Crippen LogP contribution in [0.25, 0.3) is 0 Å². The molecule has 0 heterocycles. The van der Waals surface area contributed by atoms with Crippen molar-refractivity contribution < 1.29 is 17.9 Å². The molecule has 0 atom stereocenters. The molecule has 0 aromatic heterocycles. The maximum Gasteiger partial charge on any atom is 0.257 e. The molecule has 0 unspecified atom stereocenters. The second kappa shape index (κ2) is 8.43. The molecular weight excluding hydrogens is 292 g/mol. The van der Waals surface area contributed by atoms with Crippen molar-refractivity contribution in [2.45, 2.75) is 0 Å². The zero-order valence-corrected chi connectivity index (χ0v) is 12.8. The molecule has 0 saturated heterocycles. The van der Waals surface area contributed by atoms with Crippen LogP contribution in [0.3, 0.4) is 0 Å². The van der Waals surface area contributed by atoms with Crippen molar-refractivity contribution in [3.05, 3.63) is 43.0 Å². The third kappa shape index (κ3) is 6.92. The van der Waals surface area contributed by atoms with Crippen LogP contribution in [0.1, 0.15) is 0 Å². The molecule has 0 saturated carbocycles. The van der Waals surface area contributed by atoms with Gasteiger partial charge < -0.3 is 10.1 Å². The highest BCUT2D eigenvalue weighted by atomic mass is 32.2. The predicted molar refractivity (Wildman–Crippen MR) is 81.6 cm³/mol. The van der Waals surface area contributed by atoms with Crippen LogP contribution in [-0.4, -0.2) is 51.1 Å². The number of amides is 1. The second-order valence-corrected chi connectivity index (χ2v) is 6.34. The largest absolute Gasteiger partial charge is 0.484 e.